The maximum Gasteiger partial charge on any atom is 0.226 e. The van der Waals surface area contributed by atoms with Crippen molar-refractivity contribution in [2.24, 2.45) is 0 Å². The summed E-state index contributed by atoms with van der Waals surface area (Å²) in [4.78, 5) is 17.2. The molecule has 4 rings (SSSR count). The maximum atomic E-state index is 12.5. The lowest BCUT2D eigenvalue weighted by Crippen LogP contribution is -1.98. The fourth-order valence-electron chi connectivity index (χ4n) is 3.19. The molecule has 0 spiro atoms. The SMILES string of the molecule is Cc1oc(-c2ccccc2)nc1C1=C(c2ccccc2)CCC1=O. The van der Waals surface area contributed by atoms with Crippen molar-refractivity contribution >= 4 is 16.9 Å². The van der Waals surface area contributed by atoms with Gasteiger partial charge in [-0.1, -0.05) is 48.5 Å². The molecule has 24 heavy (non-hydrogen) atoms. The van der Waals surface area contributed by atoms with Crippen molar-refractivity contribution < 1.29 is 9.21 Å². The number of hydrogen-bond acceptors (Lipinski definition) is 3. The lowest BCUT2D eigenvalue weighted by atomic mass is 9.99. The molecule has 1 aromatic heterocycles. The zero-order valence-corrected chi connectivity index (χ0v) is 13.5. The van der Waals surface area contributed by atoms with E-state index in [0.717, 1.165) is 23.1 Å². The minimum atomic E-state index is 0.143. The highest BCUT2D eigenvalue weighted by Gasteiger charge is 2.29. The van der Waals surface area contributed by atoms with Gasteiger partial charge in [0.1, 0.15) is 11.5 Å². The molecule has 0 radical (unpaired) electrons. The minimum Gasteiger partial charge on any atom is -0.441 e. The Morgan fingerprint density at radius 1 is 0.875 bits per heavy atom. The van der Waals surface area contributed by atoms with E-state index >= 15 is 0 Å². The van der Waals surface area contributed by atoms with Gasteiger partial charge in [0, 0.05) is 12.0 Å². The first kappa shape index (κ1) is 14.6. The van der Waals surface area contributed by atoms with Crippen molar-refractivity contribution in [2.45, 2.75) is 19.8 Å². The topological polar surface area (TPSA) is 43.1 Å². The molecule has 1 heterocycles. The number of benzene rings is 2. The Morgan fingerprint density at radius 2 is 1.50 bits per heavy atom. The number of aromatic nitrogens is 1. The van der Waals surface area contributed by atoms with Crippen LogP contribution in [-0.4, -0.2) is 10.8 Å². The van der Waals surface area contributed by atoms with Crippen molar-refractivity contribution in [2.75, 3.05) is 0 Å². The van der Waals surface area contributed by atoms with E-state index < -0.39 is 0 Å². The molecule has 3 heteroatoms. The number of oxazole rings is 1. The van der Waals surface area contributed by atoms with Crippen LogP contribution in [0, 0.1) is 6.92 Å². The summed E-state index contributed by atoms with van der Waals surface area (Å²) >= 11 is 0. The van der Waals surface area contributed by atoms with Gasteiger partial charge in [0.15, 0.2) is 5.78 Å². The van der Waals surface area contributed by atoms with Crippen molar-refractivity contribution in [3.8, 4) is 11.5 Å². The van der Waals surface area contributed by atoms with Crippen molar-refractivity contribution in [3.05, 3.63) is 77.7 Å². The third-order valence-electron chi connectivity index (χ3n) is 4.36. The molecule has 1 aliphatic carbocycles. The first-order chi connectivity index (χ1) is 11.7. The van der Waals surface area contributed by atoms with Gasteiger partial charge in [-0.15, -0.1) is 0 Å². The van der Waals surface area contributed by atoms with Gasteiger partial charge in [-0.3, -0.25) is 4.79 Å². The molecule has 0 atom stereocenters. The fourth-order valence-corrected chi connectivity index (χ4v) is 3.19. The molecule has 0 fully saturated rings. The van der Waals surface area contributed by atoms with Crippen molar-refractivity contribution in [1.82, 2.24) is 4.98 Å². The Bertz CT molecular complexity index is 921. The molecular weight excluding hydrogens is 298 g/mol. The number of Topliss-reactive ketones (excluding diaryl/α,β-unsaturated/α-hetero) is 1. The number of allylic oxidation sites excluding steroid dienone is 2. The molecular formula is C21H17NO2. The molecule has 3 aromatic rings. The fraction of sp³-hybridized carbons (Fsp3) is 0.143. The highest BCUT2D eigenvalue weighted by Crippen LogP contribution is 2.39. The summed E-state index contributed by atoms with van der Waals surface area (Å²) < 4.78 is 5.85. The Kier molecular flexibility index (Phi) is 3.62. The highest BCUT2D eigenvalue weighted by atomic mass is 16.4. The molecule has 3 nitrogen and oxygen atoms in total. The normalized spacial score (nSPS) is 14.5. The predicted molar refractivity (Wildman–Crippen MR) is 94.2 cm³/mol. The lowest BCUT2D eigenvalue weighted by Gasteiger charge is -2.05. The number of rotatable bonds is 3. The van der Waals surface area contributed by atoms with Crippen LogP contribution >= 0.6 is 0 Å². The Morgan fingerprint density at radius 3 is 2.17 bits per heavy atom. The number of aryl methyl sites for hydroxylation is 1. The van der Waals surface area contributed by atoms with Crippen LogP contribution in [0.5, 0.6) is 0 Å². The van der Waals surface area contributed by atoms with Gasteiger partial charge in [0.05, 0.1) is 5.57 Å². The molecule has 0 unspecified atom stereocenters. The second-order valence-electron chi connectivity index (χ2n) is 5.93. The monoisotopic (exact) mass is 315 g/mol. The van der Waals surface area contributed by atoms with E-state index in [1.54, 1.807) is 0 Å². The average molecular weight is 315 g/mol. The summed E-state index contributed by atoms with van der Waals surface area (Å²) in [7, 11) is 0. The molecule has 1 aliphatic rings. The second-order valence-corrected chi connectivity index (χ2v) is 5.93. The van der Waals surface area contributed by atoms with Crippen LogP contribution in [0.1, 0.15) is 29.9 Å². The number of nitrogens with zero attached hydrogens (tertiary/aromatic N) is 1. The van der Waals surface area contributed by atoms with E-state index in [-0.39, 0.29) is 5.78 Å². The summed E-state index contributed by atoms with van der Waals surface area (Å²) in [6.45, 7) is 1.87. The van der Waals surface area contributed by atoms with Gasteiger partial charge in [0.2, 0.25) is 5.89 Å². The molecule has 0 N–H and O–H groups in total. The van der Waals surface area contributed by atoms with Crippen LogP contribution < -0.4 is 0 Å². The molecule has 0 saturated carbocycles. The molecule has 0 bridgehead atoms. The summed E-state index contributed by atoms with van der Waals surface area (Å²) in [5.74, 6) is 1.39. The van der Waals surface area contributed by atoms with E-state index in [1.807, 2.05) is 67.6 Å². The number of carbonyl (C=O) groups excluding carboxylic acids is 1. The lowest BCUT2D eigenvalue weighted by molar-refractivity contribution is -0.113. The van der Waals surface area contributed by atoms with Crippen LogP contribution in [0.3, 0.4) is 0 Å². The zero-order chi connectivity index (χ0) is 16.5. The summed E-state index contributed by atoms with van der Waals surface area (Å²) in [6, 6.07) is 19.8. The standard InChI is InChI=1S/C21H17NO2/c1-14-20(22-21(24-14)16-10-6-3-7-11-16)19-17(12-13-18(19)23)15-8-4-2-5-9-15/h2-11H,12-13H2,1H3. The Balaban J connectivity index is 1.85. The van der Waals surface area contributed by atoms with E-state index in [2.05, 4.69) is 4.98 Å². The van der Waals surface area contributed by atoms with E-state index in [4.69, 9.17) is 4.42 Å². The Labute approximate surface area is 140 Å². The third-order valence-corrected chi connectivity index (χ3v) is 4.36. The van der Waals surface area contributed by atoms with Gasteiger partial charge in [-0.05, 0) is 36.6 Å². The van der Waals surface area contributed by atoms with Crippen molar-refractivity contribution in [1.29, 1.82) is 0 Å². The zero-order valence-electron chi connectivity index (χ0n) is 13.5. The molecule has 0 saturated heterocycles. The number of carbonyl (C=O) groups is 1. The van der Waals surface area contributed by atoms with E-state index in [0.29, 0.717) is 29.3 Å². The number of hydrogen-bond donors (Lipinski definition) is 0. The van der Waals surface area contributed by atoms with Crippen LogP contribution in [-0.2, 0) is 4.79 Å². The quantitative estimate of drug-likeness (QED) is 0.688. The summed E-state index contributed by atoms with van der Waals surface area (Å²) in [6.07, 6.45) is 1.29. The van der Waals surface area contributed by atoms with Crippen LogP contribution in [0.4, 0.5) is 0 Å². The van der Waals surface area contributed by atoms with Gasteiger partial charge in [-0.2, -0.15) is 0 Å². The second kappa shape index (κ2) is 5.93. The largest absolute Gasteiger partial charge is 0.441 e. The van der Waals surface area contributed by atoms with Gasteiger partial charge in [0.25, 0.3) is 0 Å². The third kappa shape index (κ3) is 2.48. The minimum absolute atomic E-state index is 0.143. The molecule has 118 valence electrons. The van der Waals surface area contributed by atoms with Gasteiger partial charge >= 0.3 is 0 Å². The predicted octanol–water partition coefficient (Wildman–Crippen LogP) is 4.92. The molecule has 0 amide bonds. The molecule has 2 aromatic carbocycles. The summed E-state index contributed by atoms with van der Waals surface area (Å²) in [5, 5.41) is 0. The van der Waals surface area contributed by atoms with Crippen LogP contribution in [0.25, 0.3) is 22.6 Å². The number of ketones is 1. The highest BCUT2D eigenvalue weighted by molar-refractivity contribution is 6.30. The average Bonchev–Trinajstić information content (AvgIpc) is 3.19. The summed E-state index contributed by atoms with van der Waals surface area (Å²) in [5.41, 5.74) is 4.46. The maximum absolute atomic E-state index is 12.5. The van der Waals surface area contributed by atoms with Gasteiger partial charge in [-0.25, -0.2) is 4.98 Å². The smallest absolute Gasteiger partial charge is 0.226 e. The van der Waals surface area contributed by atoms with Crippen LogP contribution in [0.15, 0.2) is 65.1 Å². The van der Waals surface area contributed by atoms with Crippen molar-refractivity contribution in [3.63, 3.8) is 0 Å². The van der Waals surface area contributed by atoms with E-state index in [9.17, 15) is 4.79 Å². The van der Waals surface area contributed by atoms with E-state index in [1.165, 1.54) is 0 Å². The Hall–Kier alpha value is -2.94. The first-order valence-corrected chi connectivity index (χ1v) is 8.09. The first-order valence-electron chi connectivity index (χ1n) is 8.09. The molecule has 0 aliphatic heterocycles. The van der Waals surface area contributed by atoms with Crippen LogP contribution in [0.2, 0.25) is 0 Å². The van der Waals surface area contributed by atoms with Gasteiger partial charge < -0.3 is 4.42 Å².